The highest BCUT2D eigenvalue weighted by atomic mass is 16.6. The van der Waals surface area contributed by atoms with E-state index in [4.69, 9.17) is 0 Å². The molecule has 0 spiro atoms. The highest BCUT2D eigenvalue weighted by Gasteiger charge is 2.09. The predicted molar refractivity (Wildman–Crippen MR) is 97.2 cm³/mol. The molecule has 140 valence electrons. The van der Waals surface area contributed by atoms with E-state index in [2.05, 4.69) is 0 Å². The van der Waals surface area contributed by atoms with Crippen LogP contribution in [-0.4, -0.2) is 16.1 Å². The summed E-state index contributed by atoms with van der Waals surface area (Å²) in [4.78, 5) is 31.3. The third-order valence-corrected chi connectivity index (χ3v) is 3.64. The van der Waals surface area contributed by atoms with Gasteiger partial charge in [-0.3, -0.25) is 20.2 Å². The molecule has 0 aliphatic rings. The number of unbranched alkanes of at least 4 members (excludes halogenated alkanes) is 5. The molecule has 7 heteroatoms. The van der Waals surface area contributed by atoms with Crippen molar-refractivity contribution in [3.63, 3.8) is 0 Å². The van der Waals surface area contributed by atoms with Crippen molar-refractivity contribution >= 4 is 6.29 Å². The second-order valence-corrected chi connectivity index (χ2v) is 5.72. The average Bonchev–Trinajstić information content (AvgIpc) is 2.57. The van der Waals surface area contributed by atoms with Crippen LogP contribution in [0, 0.1) is 20.2 Å². The predicted octanol–water partition coefficient (Wildman–Crippen LogP) is 4.98. The first-order chi connectivity index (χ1) is 12.0. The minimum Gasteiger partial charge on any atom is -0.303 e. The van der Waals surface area contributed by atoms with Crippen LogP contribution in [0.4, 0.5) is 0 Å². The third kappa shape index (κ3) is 12.7. The summed E-state index contributed by atoms with van der Waals surface area (Å²) >= 11 is 0. The van der Waals surface area contributed by atoms with E-state index in [0.717, 1.165) is 38.4 Å². The van der Waals surface area contributed by atoms with Crippen molar-refractivity contribution in [2.45, 2.75) is 71.1 Å². The zero-order chi connectivity index (χ0) is 18.9. The van der Waals surface area contributed by atoms with Gasteiger partial charge in [-0.05, 0) is 44.3 Å². The fourth-order valence-electron chi connectivity index (χ4n) is 2.20. The summed E-state index contributed by atoms with van der Waals surface area (Å²) < 4.78 is 0. The Balaban J connectivity index is 4.40. The molecule has 7 nitrogen and oxygen atoms in total. The van der Waals surface area contributed by atoms with E-state index in [9.17, 15) is 25.0 Å². The van der Waals surface area contributed by atoms with Crippen molar-refractivity contribution in [2.24, 2.45) is 0 Å². The van der Waals surface area contributed by atoms with Crippen LogP contribution in [0.3, 0.4) is 0 Å². The second kappa shape index (κ2) is 15.2. The molecule has 0 aliphatic heterocycles. The van der Waals surface area contributed by atoms with Crippen LogP contribution in [0.25, 0.3) is 0 Å². The zero-order valence-corrected chi connectivity index (χ0v) is 14.9. The topological polar surface area (TPSA) is 103 Å². The summed E-state index contributed by atoms with van der Waals surface area (Å²) in [7, 11) is 0. The van der Waals surface area contributed by atoms with Crippen molar-refractivity contribution in [3.05, 3.63) is 55.9 Å². The summed E-state index contributed by atoms with van der Waals surface area (Å²) in [6.07, 6.45) is 13.7. The van der Waals surface area contributed by atoms with E-state index < -0.39 is 4.92 Å². The number of allylic oxidation sites excluding steroid dienone is 5. The van der Waals surface area contributed by atoms with E-state index in [0.29, 0.717) is 25.7 Å². The smallest absolute Gasteiger partial charge is 0.246 e. The van der Waals surface area contributed by atoms with Crippen LogP contribution in [0.5, 0.6) is 0 Å². The molecule has 0 unspecified atom stereocenters. The van der Waals surface area contributed by atoms with Gasteiger partial charge in [-0.15, -0.1) is 0 Å². The minimum absolute atomic E-state index is 0.115. The van der Waals surface area contributed by atoms with Crippen LogP contribution in [0.1, 0.15) is 71.1 Å². The quantitative estimate of drug-likeness (QED) is 0.136. The second-order valence-electron chi connectivity index (χ2n) is 5.72. The van der Waals surface area contributed by atoms with Gasteiger partial charge in [0.25, 0.3) is 0 Å². The van der Waals surface area contributed by atoms with Crippen LogP contribution >= 0.6 is 0 Å². The molecule has 0 N–H and O–H groups in total. The lowest BCUT2D eigenvalue weighted by Gasteiger charge is -1.97. The van der Waals surface area contributed by atoms with Crippen molar-refractivity contribution in [1.29, 1.82) is 0 Å². The van der Waals surface area contributed by atoms with Gasteiger partial charge in [0.15, 0.2) is 0 Å². The van der Waals surface area contributed by atoms with E-state index >= 15 is 0 Å². The van der Waals surface area contributed by atoms with Gasteiger partial charge in [0.05, 0.1) is 16.3 Å². The summed E-state index contributed by atoms with van der Waals surface area (Å²) in [6, 6.07) is 0. The maximum atomic E-state index is 11.0. The molecule has 0 heterocycles. The van der Waals surface area contributed by atoms with Crippen LogP contribution in [0.15, 0.2) is 35.7 Å². The van der Waals surface area contributed by atoms with Crippen LogP contribution < -0.4 is 0 Å². The first-order valence-corrected chi connectivity index (χ1v) is 8.78. The lowest BCUT2D eigenvalue weighted by atomic mass is 10.1. The van der Waals surface area contributed by atoms with Crippen LogP contribution in [-0.2, 0) is 4.79 Å². The summed E-state index contributed by atoms with van der Waals surface area (Å²) in [5.41, 5.74) is 0.321. The fraction of sp³-hybridized carbons (Fsp3) is 0.611. The Morgan fingerprint density at radius 2 is 1.56 bits per heavy atom. The molecule has 25 heavy (non-hydrogen) atoms. The Morgan fingerprint density at radius 1 is 0.880 bits per heavy atom. The molecular weight excluding hydrogens is 324 g/mol. The molecule has 0 aliphatic carbocycles. The van der Waals surface area contributed by atoms with E-state index in [-0.39, 0.29) is 22.7 Å². The van der Waals surface area contributed by atoms with Gasteiger partial charge in [-0.1, -0.05) is 31.9 Å². The van der Waals surface area contributed by atoms with Crippen molar-refractivity contribution in [2.75, 3.05) is 0 Å². The lowest BCUT2D eigenvalue weighted by molar-refractivity contribution is -0.428. The monoisotopic (exact) mass is 352 g/mol. The Hall–Kier alpha value is -2.31. The highest BCUT2D eigenvalue weighted by molar-refractivity contribution is 5.48. The van der Waals surface area contributed by atoms with Gasteiger partial charge in [0, 0.05) is 12.8 Å². The molecule has 0 aromatic carbocycles. The van der Waals surface area contributed by atoms with Crippen LogP contribution in [0.2, 0.25) is 0 Å². The van der Waals surface area contributed by atoms with E-state index in [1.807, 2.05) is 6.92 Å². The Labute approximate surface area is 148 Å². The Morgan fingerprint density at radius 3 is 2.16 bits per heavy atom. The van der Waals surface area contributed by atoms with E-state index in [1.165, 1.54) is 0 Å². The first-order valence-electron chi connectivity index (χ1n) is 8.78. The summed E-state index contributed by atoms with van der Waals surface area (Å²) in [5.74, 6) is 0. The molecule has 0 rings (SSSR count). The lowest BCUT2D eigenvalue weighted by Crippen LogP contribution is -1.99. The number of carbonyl (C=O) groups excluding carboxylic acids is 1. The molecule has 0 amide bonds. The number of hydrogen-bond acceptors (Lipinski definition) is 5. The van der Waals surface area contributed by atoms with Gasteiger partial charge in [-0.2, -0.15) is 0 Å². The maximum absolute atomic E-state index is 11.0. The van der Waals surface area contributed by atoms with Gasteiger partial charge < -0.3 is 4.79 Å². The normalized spacial score (nSPS) is 12.5. The summed E-state index contributed by atoms with van der Waals surface area (Å²) in [5, 5.41) is 21.9. The molecule has 0 saturated heterocycles. The number of nitrogens with zero attached hydrogens (tertiary/aromatic N) is 2. The largest absolute Gasteiger partial charge is 0.303 e. The number of rotatable bonds is 15. The molecule has 0 fully saturated rings. The Kier molecular flexibility index (Phi) is 13.8. The number of hydrogen-bond donors (Lipinski definition) is 0. The fourth-order valence-corrected chi connectivity index (χ4v) is 2.20. The SMILES string of the molecule is CCCCC/C(=C/C/C=C/C/C(=C/CCCCC=O)[N+](=O)[O-])[N+](=O)[O-]. The minimum atomic E-state index is -0.410. The van der Waals surface area contributed by atoms with Crippen molar-refractivity contribution < 1.29 is 14.6 Å². The summed E-state index contributed by atoms with van der Waals surface area (Å²) in [6.45, 7) is 2.04. The zero-order valence-electron chi connectivity index (χ0n) is 14.9. The number of carbonyl (C=O) groups is 1. The maximum Gasteiger partial charge on any atom is 0.246 e. The molecular formula is C18H28N2O5. The number of aldehydes is 1. The van der Waals surface area contributed by atoms with E-state index in [1.54, 1.807) is 24.3 Å². The molecule has 0 atom stereocenters. The van der Waals surface area contributed by atoms with Gasteiger partial charge >= 0.3 is 0 Å². The Bertz CT molecular complexity index is 510. The van der Waals surface area contributed by atoms with Gasteiger partial charge in [-0.25, -0.2) is 0 Å². The molecule has 0 saturated carbocycles. The van der Waals surface area contributed by atoms with Gasteiger partial charge in [0.2, 0.25) is 11.4 Å². The number of nitro groups is 2. The first kappa shape index (κ1) is 22.7. The third-order valence-electron chi connectivity index (χ3n) is 3.64. The van der Waals surface area contributed by atoms with Gasteiger partial charge in [0.1, 0.15) is 6.29 Å². The average molecular weight is 352 g/mol. The highest BCUT2D eigenvalue weighted by Crippen LogP contribution is 2.12. The van der Waals surface area contributed by atoms with Crippen molar-refractivity contribution in [3.8, 4) is 0 Å². The van der Waals surface area contributed by atoms with Crippen molar-refractivity contribution in [1.82, 2.24) is 0 Å². The standard InChI is InChI=1S/C18H28N2O5/c1-2-3-7-12-17(19(22)23)14-9-6-10-15-18(20(24)25)13-8-4-5-11-16-21/h6,10,13-14,16H,2-5,7-9,11-12,15H2,1H3/b10-6+,17-14-,18-13-. The molecule has 0 bridgehead atoms. The molecule has 0 aromatic rings. The molecule has 0 radical (unpaired) electrons. The molecule has 0 aromatic heterocycles.